The Morgan fingerprint density at radius 3 is 2.83 bits per heavy atom. The van der Waals surface area contributed by atoms with Gasteiger partial charge in [-0.1, -0.05) is 12.1 Å². The van der Waals surface area contributed by atoms with Gasteiger partial charge in [-0.2, -0.15) is 4.39 Å². The van der Waals surface area contributed by atoms with Crippen LogP contribution in [0.2, 0.25) is 0 Å². The SMILES string of the molecule is CC(=O)N[C@@H](C)c1ccc(O[C@@H]2CCN(c3ccnc(OCCO)c3F)C2)cc1. The third-order valence-corrected chi connectivity index (χ3v) is 4.76. The van der Waals surface area contributed by atoms with Gasteiger partial charge in [-0.3, -0.25) is 4.79 Å². The van der Waals surface area contributed by atoms with Crippen LogP contribution in [0.3, 0.4) is 0 Å². The topological polar surface area (TPSA) is 83.9 Å². The number of halogens is 1. The lowest BCUT2D eigenvalue weighted by molar-refractivity contribution is -0.119. The second-order valence-electron chi connectivity index (χ2n) is 6.99. The van der Waals surface area contributed by atoms with E-state index >= 15 is 0 Å². The molecule has 0 aliphatic carbocycles. The van der Waals surface area contributed by atoms with Crippen molar-refractivity contribution < 1.29 is 23.8 Å². The highest BCUT2D eigenvalue weighted by atomic mass is 19.1. The monoisotopic (exact) mass is 403 g/mol. The molecule has 2 aromatic rings. The fraction of sp³-hybridized carbons (Fsp3) is 0.429. The summed E-state index contributed by atoms with van der Waals surface area (Å²) in [6, 6.07) is 9.16. The molecular weight excluding hydrogens is 377 g/mol. The summed E-state index contributed by atoms with van der Waals surface area (Å²) in [5, 5.41) is 11.7. The number of pyridine rings is 1. The number of aromatic nitrogens is 1. The quantitative estimate of drug-likeness (QED) is 0.705. The van der Waals surface area contributed by atoms with E-state index in [9.17, 15) is 9.18 Å². The molecule has 1 aliphatic heterocycles. The van der Waals surface area contributed by atoms with Crippen molar-refractivity contribution in [3.05, 3.63) is 47.9 Å². The van der Waals surface area contributed by atoms with Crippen molar-refractivity contribution in [2.45, 2.75) is 32.4 Å². The summed E-state index contributed by atoms with van der Waals surface area (Å²) >= 11 is 0. The van der Waals surface area contributed by atoms with E-state index in [0.29, 0.717) is 18.8 Å². The van der Waals surface area contributed by atoms with E-state index < -0.39 is 5.82 Å². The van der Waals surface area contributed by atoms with Gasteiger partial charge in [0, 0.05) is 26.1 Å². The number of benzene rings is 1. The van der Waals surface area contributed by atoms with Crippen LogP contribution in [-0.4, -0.2) is 48.4 Å². The van der Waals surface area contributed by atoms with Gasteiger partial charge in [0.05, 0.1) is 24.9 Å². The van der Waals surface area contributed by atoms with Crippen LogP contribution in [0.4, 0.5) is 10.1 Å². The Hall–Kier alpha value is -2.87. The number of amides is 1. The third-order valence-electron chi connectivity index (χ3n) is 4.76. The summed E-state index contributed by atoms with van der Waals surface area (Å²) in [7, 11) is 0. The first-order valence-corrected chi connectivity index (χ1v) is 9.64. The molecule has 2 atom stereocenters. The largest absolute Gasteiger partial charge is 0.489 e. The minimum atomic E-state index is -0.530. The van der Waals surface area contributed by atoms with Gasteiger partial charge >= 0.3 is 0 Å². The number of rotatable bonds is 8. The van der Waals surface area contributed by atoms with Crippen molar-refractivity contribution in [3.63, 3.8) is 0 Å². The number of hydrogen-bond acceptors (Lipinski definition) is 6. The molecule has 7 nitrogen and oxygen atoms in total. The number of hydrogen-bond donors (Lipinski definition) is 2. The molecule has 1 amide bonds. The molecule has 0 spiro atoms. The van der Waals surface area contributed by atoms with Crippen molar-refractivity contribution in [2.24, 2.45) is 0 Å². The van der Waals surface area contributed by atoms with E-state index in [1.165, 1.54) is 13.1 Å². The molecule has 29 heavy (non-hydrogen) atoms. The lowest BCUT2D eigenvalue weighted by Gasteiger charge is -2.20. The van der Waals surface area contributed by atoms with Crippen LogP contribution in [0, 0.1) is 5.82 Å². The van der Waals surface area contributed by atoms with Crippen molar-refractivity contribution >= 4 is 11.6 Å². The Morgan fingerprint density at radius 1 is 1.38 bits per heavy atom. The zero-order chi connectivity index (χ0) is 20.8. The number of aliphatic hydroxyl groups is 1. The second kappa shape index (κ2) is 9.56. The van der Waals surface area contributed by atoms with Gasteiger partial charge in [0.25, 0.3) is 5.88 Å². The average Bonchev–Trinajstić information content (AvgIpc) is 3.15. The van der Waals surface area contributed by atoms with Gasteiger partial charge in [-0.25, -0.2) is 4.98 Å². The van der Waals surface area contributed by atoms with Gasteiger partial charge in [0.2, 0.25) is 11.7 Å². The molecule has 0 saturated carbocycles. The molecule has 1 aromatic carbocycles. The molecule has 1 fully saturated rings. The zero-order valence-corrected chi connectivity index (χ0v) is 16.6. The first-order chi connectivity index (χ1) is 14.0. The van der Waals surface area contributed by atoms with E-state index in [4.69, 9.17) is 14.6 Å². The number of carbonyl (C=O) groups is 1. The third kappa shape index (κ3) is 5.35. The Morgan fingerprint density at radius 2 is 2.14 bits per heavy atom. The highest BCUT2D eigenvalue weighted by Crippen LogP contribution is 2.29. The number of nitrogens with zero attached hydrogens (tertiary/aromatic N) is 2. The van der Waals surface area contributed by atoms with E-state index in [-0.39, 0.29) is 37.1 Å². The van der Waals surface area contributed by atoms with Crippen molar-refractivity contribution in [2.75, 3.05) is 31.2 Å². The fourth-order valence-electron chi connectivity index (χ4n) is 3.36. The molecule has 8 heteroatoms. The number of aliphatic hydroxyl groups excluding tert-OH is 1. The second-order valence-corrected chi connectivity index (χ2v) is 6.99. The number of carbonyl (C=O) groups excluding carboxylic acids is 1. The van der Waals surface area contributed by atoms with Crippen LogP contribution in [0.25, 0.3) is 0 Å². The lowest BCUT2D eigenvalue weighted by Crippen LogP contribution is -2.25. The molecule has 0 unspecified atom stereocenters. The van der Waals surface area contributed by atoms with Crippen LogP contribution >= 0.6 is 0 Å². The zero-order valence-electron chi connectivity index (χ0n) is 16.6. The molecular formula is C21H26FN3O4. The Bertz CT molecular complexity index is 831. The van der Waals surface area contributed by atoms with E-state index in [0.717, 1.165) is 17.7 Å². The van der Waals surface area contributed by atoms with Crippen LogP contribution < -0.4 is 19.7 Å². The summed E-state index contributed by atoms with van der Waals surface area (Å²) in [5.74, 6) is 0.0256. The maximum absolute atomic E-state index is 14.6. The fourth-order valence-corrected chi connectivity index (χ4v) is 3.36. The van der Waals surface area contributed by atoms with Crippen LogP contribution in [0.5, 0.6) is 11.6 Å². The number of ether oxygens (including phenoxy) is 2. The Balaban J connectivity index is 1.60. The predicted molar refractivity (Wildman–Crippen MR) is 107 cm³/mol. The summed E-state index contributed by atoms with van der Waals surface area (Å²) < 4.78 is 25.8. The number of nitrogens with one attached hydrogen (secondary N) is 1. The maximum atomic E-state index is 14.6. The minimum absolute atomic E-state index is 0.00431. The standard InChI is InChI=1S/C21H26FN3O4/c1-14(24-15(2)27)16-3-5-17(6-4-16)29-18-8-10-25(13-18)19-7-9-23-21(20(19)22)28-12-11-26/h3-7,9,14,18,26H,8,10-13H2,1-2H3,(H,24,27)/t14-,18+/m0/s1. The lowest BCUT2D eigenvalue weighted by atomic mass is 10.1. The molecule has 3 rings (SSSR count). The van der Waals surface area contributed by atoms with Gasteiger partial charge in [0.1, 0.15) is 18.5 Å². The van der Waals surface area contributed by atoms with Gasteiger partial charge in [0.15, 0.2) is 0 Å². The van der Waals surface area contributed by atoms with Crippen molar-refractivity contribution in [1.29, 1.82) is 0 Å². The van der Waals surface area contributed by atoms with E-state index in [1.54, 1.807) is 6.07 Å². The van der Waals surface area contributed by atoms with Gasteiger partial charge < -0.3 is 24.8 Å². The summed E-state index contributed by atoms with van der Waals surface area (Å²) in [6.07, 6.45) is 2.19. The normalized spacial score (nSPS) is 17.1. The first kappa shape index (κ1) is 20.9. The molecule has 0 radical (unpaired) electrons. The summed E-state index contributed by atoms with van der Waals surface area (Å²) in [4.78, 5) is 17.0. The van der Waals surface area contributed by atoms with Gasteiger partial charge in [-0.05, 0) is 30.7 Å². The first-order valence-electron chi connectivity index (χ1n) is 9.64. The molecule has 156 valence electrons. The highest BCUT2D eigenvalue weighted by Gasteiger charge is 2.27. The predicted octanol–water partition coefficient (Wildman–Crippen LogP) is 2.45. The molecule has 1 aromatic heterocycles. The molecule has 0 bridgehead atoms. The molecule has 1 aliphatic rings. The maximum Gasteiger partial charge on any atom is 0.252 e. The van der Waals surface area contributed by atoms with Gasteiger partial charge in [-0.15, -0.1) is 0 Å². The average molecular weight is 403 g/mol. The molecule has 2 N–H and O–H groups in total. The van der Waals surface area contributed by atoms with Crippen LogP contribution in [0.1, 0.15) is 31.9 Å². The Kier molecular flexibility index (Phi) is 6.87. The molecule has 2 heterocycles. The summed E-state index contributed by atoms with van der Waals surface area (Å²) in [5.41, 5.74) is 1.41. The van der Waals surface area contributed by atoms with Crippen molar-refractivity contribution in [3.8, 4) is 11.6 Å². The molecule has 1 saturated heterocycles. The number of anilines is 1. The van der Waals surface area contributed by atoms with E-state index in [1.807, 2.05) is 36.1 Å². The van der Waals surface area contributed by atoms with Crippen LogP contribution in [0.15, 0.2) is 36.5 Å². The van der Waals surface area contributed by atoms with Crippen LogP contribution in [-0.2, 0) is 4.79 Å². The summed E-state index contributed by atoms with van der Waals surface area (Å²) in [6.45, 7) is 4.41. The smallest absolute Gasteiger partial charge is 0.252 e. The Labute approximate surface area is 169 Å². The highest BCUT2D eigenvalue weighted by molar-refractivity contribution is 5.73. The van der Waals surface area contributed by atoms with E-state index in [2.05, 4.69) is 10.3 Å². The minimum Gasteiger partial charge on any atom is -0.489 e. The van der Waals surface area contributed by atoms with Crippen molar-refractivity contribution in [1.82, 2.24) is 10.3 Å².